The van der Waals surface area contributed by atoms with Gasteiger partial charge in [0, 0.05) is 35.9 Å². The second kappa shape index (κ2) is 9.74. The zero-order chi connectivity index (χ0) is 22.7. The predicted octanol–water partition coefficient (Wildman–Crippen LogP) is 6.04. The molecule has 1 N–H and O–H groups in total. The van der Waals surface area contributed by atoms with Crippen LogP contribution in [0.4, 0.5) is 8.78 Å². The van der Waals surface area contributed by atoms with E-state index in [1.54, 1.807) is 24.3 Å². The molecule has 33 heavy (non-hydrogen) atoms. The van der Waals surface area contributed by atoms with Crippen molar-refractivity contribution in [3.05, 3.63) is 107 Å². The molecular weight excluding hydrogens is 414 g/mol. The van der Waals surface area contributed by atoms with Gasteiger partial charge < -0.3 is 9.80 Å². The minimum Gasteiger partial charge on any atom is -0.316 e. The van der Waals surface area contributed by atoms with Crippen LogP contribution in [0, 0.1) is 17.6 Å². The summed E-state index contributed by atoms with van der Waals surface area (Å²) >= 11 is 0. The zero-order valence-electron chi connectivity index (χ0n) is 19.1. The van der Waals surface area contributed by atoms with Crippen molar-refractivity contribution >= 4 is 0 Å². The number of hydrogen-bond donors (Lipinski definition) is 1. The number of hydrogen-bond acceptors (Lipinski definition) is 1. The second-order valence-electron chi connectivity index (χ2n) is 10.1. The number of rotatable bonds is 8. The highest BCUT2D eigenvalue weighted by Crippen LogP contribution is 2.41. The predicted molar refractivity (Wildman–Crippen MR) is 129 cm³/mol. The van der Waals surface area contributed by atoms with Crippen molar-refractivity contribution in [1.82, 2.24) is 5.32 Å². The standard InChI is InChI=1S/C29H33F2N2/c30-26-10-4-6-23(16-26)20-33(21-24-7-5-11-27(31)17-24)14-12-22(13-15-33)19-32-29-18-28(29)25-8-2-1-3-9-25/h1-11,16-17,22,28-29,32H,12-15,18-21H2/q+1. The first-order valence-electron chi connectivity index (χ1n) is 12.2. The highest BCUT2D eigenvalue weighted by Gasteiger charge is 2.39. The maximum atomic E-state index is 13.9. The summed E-state index contributed by atoms with van der Waals surface area (Å²) in [6.45, 7) is 4.70. The van der Waals surface area contributed by atoms with Gasteiger partial charge in [-0.3, -0.25) is 0 Å². The molecular formula is C29H33F2N2+. The molecule has 2 nitrogen and oxygen atoms in total. The zero-order valence-corrected chi connectivity index (χ0v) is 19.1. The Balaban J connectivity index is 1.21. The Morgan fingerprint density at radius 3 is 1.94 bits per heavy atom. The van der Waals surface area contributed by atoms with Crippen molar-refractivity contribution in [3.8, 4) is 0 Å². The first-order chi connectivity index (χ1) is 16.1. The van der Waals surface area contributed by atoms with E-state index < -0.39 is 0 Å². The summed E-state index contributed by atoms with van der Waals surface area (Å²) in [6, 6.07) is 25.3. The first kappa shape index (κ1) is 22.2. The number of nitrogens with one attached hydrogen (secondary N) is 1. The third kappa shape index (κ3) is 5.69. The molecule has 0 aromatic heterocycles. The average Bonchev–Trinajstić information content (AvgIpc) is 3.59. The van der Waals surface area contributed by atoms with E-state index in [4.69, 9.17) is 0 Å². The van der Waals surface area contributed by atoms with Gasteiger partial charge in [-0.1, -0.05) is 54.6 Å². The van der Waals surface area contributed by atoms with E-state index in [-0.39, 0.29) is 11.6 Å². The quantitative estimate of drug-likeness (QED) is 0.415. The normalized spacial score (nSPS) is 22.2. The molecule has 172 valence electrons. The van der Waals surface area contributed by atoms with Crippen LogP contribution in [0.2, 0.25) is 0 Å². The maximum Gasteiger partial charge on any atom is 0.123 e. The lowest BCUT2D eigenvalue weighted by Crippen LogP contribution is -2.52. The van der Waals surface area contributed by atoms with Gasteiger partial charge in [0.05, 0.1) is 13.1 Å². The molecule has 0 bridgehead atoms. The topological polar surface area (TPSA) is 12.0 Å². The number of quaternary nitrogens is 1. The Morgan fingerprint density at radius 1 is 0.758 bits per heavy atom. The highest BCUT2D eigenvalue weighted by molar-refractivity contribution is 5.27. The number of benzene rings is 3. The summed E-state index contributed by atoms with van der Waals surface area (Å²) in [4.78, 5) is 0. The van der Waals surface area contributed by atoms with Crippen molar-refractivity contribution in [3.63, 3.8) is 0 Å². The second-order valence-corrected chi connectivity index (χ2v) is 10.1. The molecule has 4 heteroatoms. The van der Waals surface area contributed by atoms with Crippen LogP contribution in [0.15, 0.2) is 78.9 Å². The van der Waals surface area contributed by atoms with Crippen molar-refractivity contribution in [2.45, 2.75) is 44.3 Å². The molecule has 0 amide bonds. The van der Waals surface area contributed by atoms with Gasteiger partial charge in [-0.2, -0.15) is 0 Å². The summed E-state index contributed by atoms with van der Waals surface area (Å²) in [7, 11) is 0. The summed E-state index contributed by atoms with van der Waals surface area (Å²) in [5, 5.41) is 3.81. The Hall–Kier alpha value is -2.56. The SMILES string of the molecule is Fc1cccc(C[N+]2(Cc3cccc(F)c3)CCC(CNC3CC3c3ccccc3)CC2)c1. The third-order valence-corrected chi connectivity index (χ3v) is 7.52. The molecule has 2 fully saturated rings. The van der Waals surface area contributed by atoms with E-state index >= 15 is 0 Å². The molecule has 2 atom stereocenters. The Kier molecular flexibility index (Phi) is 6.57. The lowest BCUT2D eigenvalue weighted by Gasteiger charge is -2.44. The van der Waals surface area contributed by atoms with Crippen LogP contribution in [0.1, 0.15) is 41.9 Å². The van der Waals surface area contributed by atoms with E-state index in [1.165, 1.54) is 24.1 Å². The van der Waals surface area contributed by atoms with Gasteiger partial charge in [-0.15, -0.1) is 0 Å². The molecule has 1 saturated heterocycles. The summed E-state index contributed by atoms with van der Waals surface area (Å²) in [5.41, 5.74) is 3.48. The first-order valence-corrected chi connectivity index (χ1v) is 12.2. The minimum atomic E-state index is -0.187. The molecule has 1 saturated carbocycles. The molecule has 2 unspecified atom stereocenters. The van der Waals surface area contributed by atoms with Crippen LogP contribution >= 0.6 is 0 Å². The highest BCUT2D eigenvalue weighted by atomic mass is 19.1. The molecule has 1 aliphatic carbocycles. The molecule has 3 aromatic rings. The van der Waals surface area contributed by atoms with Gasteiger partial charge in [0.25, 0.3) is 0 Å². The van der Waals surface area contributed by atoms with E-state index in [1.807, 2.05) is 12.1 Å². The van der Waals surface area contributed by atoms with Gasteiger partial charge >= 0.3 is 0 Å². The van der Waals surface area contributed by atoms with E-state index in [2.05, 4.69) is 35.6 Å². The monoisotopic (exact) mass is 447 g/mol. The molecule has 1 heterocycles. The van der Waals surface area contributed by atoms with Gasteiger partial charge in [0.1, 0.15) is 24.7 Å². The van der Waals surface area contributed by atoms with E-state index in [0.29, 0.717) is 17.9 Å². The Bertz CT molecular complexity index is 1010. The lowest BCUT2D eigenvalue weighted by molar-refractivity contribution is -0.958. The van der Waals surface area contributed by atoms with Gasteiger partial charge in [-0.25, -0.2) is 8.78 Å². The minimum absolute atomic E-state index is 0.187. The van der Waals surface area contributed by atoms with Gasteiger partial charge in [0.2, 0.25) is 0 Å². The number of likely N-dealkylation sites (tertiary alicyclic amines) is 1. The fourth-order valence-electron chi connectivity index (χ4n) is 5.60. The molecule has 3 aromatic carbocycles. The van der Waals surface area contributed by atoms with Crippen LogP contribution in [0.25, 0.3) is 0 Å². The van der Waals surface area contributed by atoms with Crippen LogP contribution in [-0.2, 0) is 13.1 Å². The number of nitrogens with zero attached hydrogens (tertiary/aromatic N) is 1. The smallest absolute Gasteiger partial charge is 0.123 e. The largest absolute Gasteiger partial charge is 0.316 e. The van der Waals surface area contributed by atoms with Crippen LogP contribution in [0.3, 0.4) is 0 Å². The van der Waals surface area contributed by atoms with Crippen molar-refractivity contribution in [2.24, 2.45) is 5.92 Å². The number of piperidine rings is 1. The Morgan fingerprint density at radius 2 is 1.36 bits per heavy atom. The van der Waals surface area contributed by atoms with Crippen molar-refractivity contribution < 1.29 is 13.3 Å². The van der Waals surface area contributed by atoms with Gasteiger partial charge in [-0.05, 0) is 48.7 Å². The summed E-state index contributed by atoms with van der Waals surface area (Å²) < 4.78 is 28.6. The number of halogens is 2. The summed E-state index contributed by atoms with van der Waals surface area (Å²) in [6.07, 6.45) is 3.51. The Labute approximate surface area is 195 Å². The molecule has 0 spiro atoms. The lowest BCUT2D eigenvalue weighted by atomic mass is 9.93. The molecule has 0 radical (unpaired) electrons. The molecule has 2 aliphatic rings. The van der Waals surface area contributed by atoms with Crippen LogP contribution in [-0.4, -0.2) is 30.2 Å². The molecule has 5 rings (SSSR count). The summed E-state index contributed by atoms with van der Waals surface area (Å²) in [5.74, 6) is 0.944. The van der Waals surface area contributed by atoms with E-state index in [9.17, 15) is 8.78 Å². The maximum absolute atomic E-state index is 13.9. The fraction of sp³-hybridized carbons (Fsp3) is 0.379. The third-order valence-electron chi connectivity index (χ3n) is 7.52. The average molecular weight is 448 g/mol. The molecule has 1 aliphatic heterocycles. The van der Waals surface area contributed by atoms with Crippen LogP contribution < -0.4 is 5.32 Å². The fourth-order valence-corrected chi connectivity index (χ4v) is 5.60. The van der Waals surface area contributed by atoms with Crippen LogP contribution in [0.5, 0.6) is 0 Å². The van der Waals surface area contributed by atoms with Gasteiger partial charge in [0.15, 0.2) is 0 Å². The van der Waals surface area contributed by atoms with E-state index in [0.717, 1.165) is 61.2 Å². The van der Waals surface area contributed by atoms with Crippen molar-refractivity contribution in [1.29, 1.82) is 0 Å². The van der Waals surface area contributed by atoms with Crippen molar-refractivity contribution in [2.75, 3.05) is 19.6 Å².